The minimum atomic E-state index is -0.235. The zero-order valence-corrected chi connectivity index (χ0v) is 12.6. The molecular formula is C15H21ClN2O2. The van der Waals surface area contributed by atoms with Crippen LogP contribution in [0.15, 0.2) is 24.3 Å². The smallest absolute Gasteiger partial charge is 0.410 e. The molecule has 1 amide bonds. The van der Waals surface area contributed by atoms with Gasteiger partial charge < -0.3 is 9.64 Å². The van der Waals surface area contributed by atoms with Gasteiger partial charge in [0.05, 0.1) is 0 Å². The monoisotopic (exact) mass is 296 g/mol. The Morgan fingerprint density at radius 1 is 1.30 bits per heavy atom. The molecule has 1 aliphatic heterocycles. The molecule has 0 radical (unpaired) electrons. The molecule has 0 saturated carbocycles. The van der Waals surface area contributed by atoms with Gasteiger partial charge in [-0.05, 0) is 30.7 Å². The first kappa shape index (κ1) is 15.1. The van der Waals surface area contributed by atoms with Crippen molar-refractivity contribution in [1.29, 1.82) is 0 Å². The fourth-order valence-electron chi connectivity index (χ4n) is 2.33. The first-order chi connectivity index (χ1) is 9.69. The van der Waals surface area contributed by atoms with Crippen molar-refractivity contribution in [2.75, 3.05) is 32.7 Å². The molecule has 0 aliphatic carbocycles. The molecule has 1 heterocycles. The Morgan fingerprint density at radius 3 is 2.70 bits per heavy atom. The summed E-state index contributed by atoms with van der Waals surface area (Å²) >= 11 is 5.90. The van der Waals surface area contributed by atoms with E-state index in [1.165, 1.54) is 0 Å². The van der Waals surface area contributed by atoms with Crippen LogP contribution in [-0.2, 0) is 11.3 Å². The number of ether oxygens (including phenoxy) is 1. The van der Waals surface area contributed by atoms with E-state index in [4.69, 9.17) is 16.3 Å². The molecule has 1 fully saturated rings. The standard InChI is InChI=1S/C15H21ClN2O2/c1-2-6-17-7-9-18(10-8-17)15(19)20-12-13-4-3-5-14(16)11-13/h3-5,11H,2,6-10,12H2,1H3. The van der Waals surface area contributed by atoms with Gasteiger partial charge in [0.2, 0.25) is 0 Å². The van der Waals surface area contributed by atoms with E-state index in [-0.39, 0.29) is 12.7 Å². The summed E-state index contributed by atoms with van der Waals surface area (Å²) in [6.45, 7) is 6.90. The van der Waals surface area contributed by atoms with Crippen molar-refractivity contribution in [2.45, 2.75) is 20.0 Å². The second-order valence-electron chi connectivity index (χ2n) is 5.01. The second-order valence-corrected chi connectivity index (χ2v) is 5.45. The normalized spacial score (nSPS) is 16.2. The maximum atomic E-state index is 12.0. The molecule has 0 unspecified atom stereocenters. The predicted molar refractivity (Wildman–Crippen MR) is 79.9 cm³/mol. The van der Waals surface area contributed by atoms with Crippen LogP contribution in [0.2, 0.25) is 5.02 Å². The number of halogens is 1. The molecule has 0 aromatic heterocycles. The van der Waals surface area contributed by atoms with Crippen LogP contribution < -0.4 is 0 Å². The molecule has 1 aromatic rings. The number of amides is 1. The van der Waals surface area contributed by atoms with E-state index in [0.717, 1.165) is 44.7 Å². The van der Waals surface area contributed by atoms with E-state index in [0.29, 0.717) is 5.02 Å². The molecule has 2 rings (SSSR count). The van der Waals surface area contributed by atoms with Gasteiger partial charge in [0, 0.05) is 31.2 Å². The molecule has 20 heavy (non-hydrogen) atoms. The fraction of sp³-hybridized carbons (Fsp3) is 0.533. The van der Waals surface area contributed by atoms with Gasteiger partial charge >= 0.3 is 6.09 Å². The number of piperazine rings is 1. The molecule has 0 bridgehead atoms. The molecule has 110 valence electrons. The first-order valence-corrected chi connectivity index (χ1v) is 7.45. The van der Waals surface area contributed by atoms with Crippen molar-refractivity contribution >= 4 is 17.7 Å². The number of hydrogen-bond acceptors (Lipinski definition) is 3. The highest BCUT2D eigenvalue weighted by atomic mass is 35.5. The lowest BCUT2D eigenvalue weighted by Gasteiger charge is -2.33. The number of rotatable bonds is 4. The molecule has 5 heteroatoms. The predicted octanol–water partition coefficient (Wildman–Crippen LogP) is 3.00. The molecule has 0 atom stereocenters. The van der Waals surface area contributed by atoms with Crippen LogP contribution in [0.4, 0.5) is 4.79 Å². The van der Waals surface area contributed by atoms with E-state index in [2.05, 4.69) is 11.8 Å². The van der Waals surface area contributed by atoms with Crippen molar-refractivity contribution in [1.82, 2.24) is 9.80 Å². The number of carbonyl (C=O) groups excluding carboxylic acids is 1. The van der Waals surface area contributed by atoms with E-state index < -0.39 is 0 Å². The molecule has 0 spiro atoms. The summed E-state index contributed by atoms with van der Waals surface area (Å²) in [4.78, 5) is 16.1. The second kappa shape index (κ2) is 7.50. The lowest BCUT2D eigenvalue weighted by Crippen LogP contribution is -2.48. The van der Waals surface area contributed by atoms with Crippen LogP contribution >= 0.6 is 11.6 Å². The number of nitrogens with zero attached hydrogens (tertiary/aromatic N) is 2. The van der Waals surface area contributed by atoms with Gasteiger partial charge in [-0.2, -0.15) is 0 Å². The average molecular weight is 297 g/mol. The van der Waals surface area contributed by atoms with Crippen molar-refractivity contribution in [3.8, 4) is 0 Å². The van der Waals surface area contributed by atoms with Crippen molar-refractivity contribution < 1.29 is 9.53 Å². The summed E-state index contributed by atoms with van der Waals surface area (Å²) < 4.78 is 5.33. The van der Waals surface area contributed by atoms with E-state index >= 15 is 0 Å². The third-order valence-electron chi connectivity index (χ3n) is 3.42. The highest BCUT2D eigenvalue weighted by molar-refractivity contribution is 6.30. The lowest BCUT2D eigenvalue weighted by molar-refractivity contribution is 0.0717. The van der Waals surface area contributed by atoms with E-state index in [9.17, 15) is 4.79 Å². The summed E-state index contributed by atoms with van der Waals surface area (Å²) in [6, 6.07) is 7.38. The van der Waals surface area contributed by atoms with Gasteiger partial charge in [-0.15, -0.1) is 0 Å². The van der Waals surface area contributed by atoms with Gasteiger partial charge in [-0.3, -0.25) is 4.90 Å². The largest absolute Gasteiger partial charge is 0.445 e. The summed E-state index contributed by atoms with van der Waals surface area (Å²) in [5, 5.41) is 0.659. The summed E-state index contributed by atoms with van der Waals surface area (Å²) in [7, 11) is 0. The summed E-state index contributed by atoms with van der Waals surface area (Å²) in [5.41, 5.74) is 0.912. The summed E-state index contributed by atoms with van der Waals surface area (Å²) in [6.07, 6.45) is 0.917. The SMILES string of the molecule is CCCN1CCN(C(=O)OCc2cccc(Cl)c2)CC1. The Bertz CT molecular complexity index is 445. The minimum Gasteiger partial charge on any atom is -0.445 e. The Kier molecular flexibility index (Phi) is 5.68. The fourth-order valence-corrected chi connectivity index (χ4v) is 2.55. The quantitative estimate of drug-likeness (QED) is 0.856. The number of hydrogen-bond donors (Lipinski definition) is 0. The topological polar surface area (TPSA) is 32.8 Å². The van der Waals surface area contributed by atoms with Crippen LogP contribution in [0.3, 0.4) is 0 Å². The first-order valence-electron chi connectivity index (χ1n) is 7.07. The lowest BCUT2D eigenvalue weighted by atomic mass is 10.2. The molecule has 1 aliphatic rings. The Morgan fingerprint density at radius 2 is 2.05 bits per heavy atom. The Labute approximate surface area is 125 Å². The Hall–Kier alpha value is -1.26. The highest BCUT2D eigenvalue weighted by Crippen LogP contribution is 2.12. The van der Waals surface area contributed by atoms with E-state index in [1.807, 2.05) is 18.2 Å². The van der Waals surface area contributed by atoms with Gasteiger partial charge in [0.25, 0.3) is 0 Å². The number of benzene rings is 1. The molecule has 0 N–H and O–H groups in total. The van der Waals surface area contributed by atoms with Crippen LogP contribution in [0, 0.1) is 0 Å². The van der Waals surface area contributed by atoms with Gasteiger partial charge in [0.1, 0.15) is 6.61 Å². The zero-order valence-electron chi connectivity index (χ0n) is 11.8. The third-order valence-corrected chi connectivity index (χ3v) is 3.66. The van der Waals surface area contributed by atoms with Gasteiger partial charge in [-0.25, -0.2) is 4.79 Å². The maximum Gasteiger partial charge on any atom is 0.410 e. The Balaban J connectivity index is 1.76. The average Bonchev–Trinajstić information content (AvgIpc) is 2.46. The van der Waals surface area contributed by atoms with E-state index in [1.54, 1.807) is 11.0 Å². The van der Waals surface area contributed by atoms with Crippen LogP contribution in [-0.4, -0.2) is 48.6 Å². The maximum absolute atomic E-state index is 12.0. The molecule has 1 saturated heterocycles. The number of carbonyl (C=O) groups is 1. The highest BCUT2D eigenvalue weighted by Gasteiger charge is 2.21. The molecule has 4 nitrogen and oxygen atoms in total. The van der Waals surface area contributed by atoms with Crippen LogP contribution in [0.1, 0.15) is 18.9 Å². The molecule has 1 aromatic carbocycles. The van der Waals surface area contributed by atoms with Crippen molar-refractivity contribution in [3.63, 3.8) is 0 Å². The van der Waals surface area contributed by atoms with Crippen LogP contribution in [0.5, 0.6) is 0 Å². The zero-order chi connectivity index (χ0) is 14.4. The minimum absolute atomic E-state index is 0.235. The van der Waals surface area contributed by atoms with Gasteiger partial charge in [-0.1, -0.05) is 30.7 Å². The summed E-state index contributed by atoms with van der Waals surface area (Å²) in [5.74, 6) is 0. The van der Waals surface area contributed by atoms with Crippen molar-refractivity contribution in [2.24, 2.45) is 0 Å². The van der Waals surface area contributed by atoms with Crippen LogP contribution in [0.25, 0.3) is 0 Å². The third kappa shape index (κ3) is 4.39. The molecular weight excluding hydrogens is 276 g/mol. The van der Waals surface area contributed by atoms with Crippen molar-refractivity contribution in [3.05, 3.63) is 34.9 Å². The van der Waals surface area contributed by atoms with Gasteiger partial charge in [0.15, 0.2) is 0 Å².